The van der Waals surface area contributed by atoms with Crippen LogP contribution in [0.4, 0.5) is 0 Å². The standard InChI is InChI=1S/C23H36N6O2/c1-19-17-20(2)29(27-19)10-6-9-25-23(24-3)26-18-21-7-4-5-8-22(21)31-16-13-28-11-14-30-15-12-28/h4-5,7-8,17H,6,9-16,18H2,1-3H3,(H2,24,25,26). The van der Waals surface area contributed by atoms with Gasteiger partial charge in [0.2, 0.25) is 0 Å². The SMILES string of the molecule is CN=C(NCCCn1nc(C)cc1C)NCc1ccccc1OCCN1CCOCC1. The number of morpholine rings is 1. The molecule has 2 heterocycles. The minimum absolute atomic E-state index is 0.658. The van der Waals surface area contributed by atoms with E-state index in [-0.39, 0.29) is 0 Å². The van der Waals surface area contributed by atoms with Crippen LogP contribution in [0.25, 0.3) is 0 Å². The molecule has 0 spiro atoms. The van der Waals surface area contributed by atoms with Crippen LogP contribution in [0, 0.1) is 13.8 Å². The van der Waals surface area contributed by atoms with E-state index in [2.05, 4.69) is 49.4 Å². The van der Waals surface area contributed by atoms with Gasteiger partial charge in [0.05, 0.1) is 18.9 Å². The van der Waals surface area contributed by atoms with Crippen LogP contribution in [0.15, 0.2) is 35.3 Å². The fourth-order valence-electron chi connectivity index (χ4n) is 3.64. The van der Waals surface area contributed by atoms with Crippen LogP contribution in [-0.4, -0.2) is 73.7 Å². The molecule has 2 N–H and O–H groups in total. The fraction of sp³-hybridized carbons (Fsp3) is 0.565. The van der Waals surface area contributed by atoms with Gasteiger partial charge in [-0.1, -0.05) is 18.2 Å². The van der Waals surface area contributed by atoms with Gasteiger partial charge in [-0.05, 0) is 32.4 Å². The van der Waals surface area contributed by atoms with Crippen molar-refractivity contribution in [2.24, 2.45) is 4.99 Å². The van der Waals surface area contributed by atoms with Gasteiger partial charge in [0.25, 0.3) is 0 Å². The summed E-state index contributed by atoms with van der Waals surface area (Å²) in [6.45, 7) is 11.7. The van der Waals surface area contributed by atoms with Crippen molar-refractivity contribution >= 4 is 5.96 Å². The number of para-hydroxylation sites is 1. The van der Waals surface area contributed by atoms with Crippen LogP contribution in [-0.2, 0) is 17.8 Å². The minimum Gasteiger partial charge on any atom is -0.492 e. The van der Waals surface area contributed by atoms with Crippen molar-refractivity contribution in [1.29, 1.82) is 0 Å². The molecule has 1 fully saturated rings. The van der Waals surface area contributed by atoms with E-state index in [9.17, 15) is 0 Å². The molecule has 0 aliphatic carbocycles. The summed E-state index contributed by atoms with van der Waals surface area (Å²) < 4.78 is 13.5. The van der Waals surface area contributed by atoms with E-state index in [4.69, 9.17) is 9.47 Å². The lowest BCUT2D eigenvalue weighted by atomic mass is 10.2. The van der Waals surface area contributed by atoms with Gasteiger partial charge in [-0.15, -0.1) is 0 Å². The van der Waals surface area contributed by atoms with Gasteiger partial charge < -0.3 is 20.1 Å². The Balaban J connectivity index is 1.39. The molecular formula is C23H36N6O2. The van der Waals surface area contributed by atoms with Gasteiger partial charge in [-0.3, -0.25) is 14.6 Å². The molecule has 0 saturated carbocycles. The molecule has 1 aliphatic heterocycles. The molecule has 1 saturated heterocycles. The smallest absolute Gasteiger partial charge is 0.191 e. The molecule has 1 aliphatic rings. The summed E-state index contributed by atoms with van der Waals surface area (Å²) >= 11 is 0. The Morgan fingerprint density at radius 1 is 1.16 bits per heavy atom. The Morgan fingerprint density at radius 2 is 1.97 bits per heavy atom. The van der Waals surface area contributed by atoms with Gasteiger partial charge in [-0.25, -0.2) is 0 Å². The number of aromatic nitrogens is 2. The Labute approximate surface area is 185 Å². The zero-order valence-electron chi connectivity index (χ0n) is 19.1. The van der Waals surface area contributed by atoms with E-state index in [1.165, 1.54) is 5.69 Å². The predicted octanol–water partition coefficient (Wildman–Crippen LogP) is 1.97. The fourth-order valence-corrected chi connectivity index (χ4v) is 3.64. The number of ether oxygens (including phenoxy) is 2. The number of hydrogen-bond acceptors (Lipinski definition) is 5. The molecule has 3 rings (SSSR count). The number of nitrogens with one attached hydrogen (secondary N) is 2. The van der Waals surface area contributed by atoms with Crippen molar-refractivity contribution in [3.8, 4) is 5.75 Å². The first-order valence-corrected chi connectivity index (χ1v) is 11.1. The van der Waals surface area contributed by atoms with E-state index in [1.54, 1.807) is 7.05 Å². The van der Waals surface area contributed by atoms with Crippen molar-refractivity contribution in [3.63, 3.8) is 0 Å². The first-order chi connectivity index (χ1) is 15.2. The molecule has 31 heavy (non-hydrogen) atoms. The zero-order valence-corrected chi connectivity index (χ0v) is 19.1. The van der Waals surface area contributed by atoms with Crippen LogP contribution in [0.1, 0.15) is 23.4 Å². The van der Waals surface area contributed by atoms with Gasteiger partial charge in [-0.2, -0.15) is 5.10 Å². The summed E-state index contributed by atoms with van der Waals surface area (Å²) in [5.41, 5.74) is 3.38. The summed E-state index contributed by atoms with van der Waals surface area (Å²) in [4.78, 5) is 6.71. The summed E-state index contributed by atoms with van der Waals surface area (Å²) in [6.07, 6.45) is 0.976. The first-order valence-electron chi connectivity index (χ1n) is 11.1. The molecule has 0 bridgehead atoms. The minimum atomic E-state index is 0.658. The number of benzene rings is 1. The molecule has 0 amide bonds. The van der Waals surface area contributed by atoms with Gasteiger partial charge in [0, 0.05) is 57.6 Å². The lowest BCUT2D eigenvalue weighted by molar-refractivity contribution is 0.0322. The number of rotatable bonds is 10. The first kappa shape index (κ1) is 23.1. The second-order valence-electron chi connectivity index (χ2n) is 7.77. The molecule has 2 aromatic rings. The number of hydrogen-bond donors (Lipinski definition) is 2. The van der Waals surface area contributed by atoms with E-state index in [0.29, 0.717) is 13.2 Å². The van der Waals surface area contributed by atoms with E-state index in [0.717, 1.165) is 75.3 Å². The molecule has 0 atom stereocenters. The molecule has 1 aromatic heterocycles. The number of nitrogens with zero attached hydrogens (tertiary/aromatic N) is 4. The van der Waals surface area contributed by atoms with Crippen LogP contribution in [0.2, 0.25) is 0 Å². The van der Waals surface area contributed by atoms with Gasteiger partial charge >= 0.3 is 0 Å². The summed E-state index contributed by atoms with van der Waals surface area (Å²) in [6, 6.07) is 10.3. The highest BCUT2D eigenvalue weighted by Gasteiger charge is 2.11. The van der Waals surface area contributed by atoms with Crippen LogP contribution < -0.4 is 15.4 Å². The molecule has 0 unspecified atom stereocenters. The average Bonchev–Trinajstić information content (AvgIpc) is 3.11. The molecule has 8 nitrogen and oxygen atoms in total. The lowest BCUT2D eigenvalue weighted by Crippen LogP contribution is -2.39. The Bertz CT molecular complexity index is 829. The van der Waals surface area contributed by atoms with Crippen molar-refractivity contribution < 1.29 is 9.47 Å². The Kier molecular flexibility index (Phi) is 9.17. The van der Waals surface area contributed by atoms with Crippen LogP contribution in [0.5, 0.6) is 5.75 Å². The molecule has 0 radical (unpaired) electrons. The van der Waals surface area contributed by atoms with Gasteiger partial charge in [0.1, 0.15) is 12.4 Å². The van der Waals surface area contributed by atoms with E-state index < -0.39 is 0 Å². The van der Waals surface area contributed by atoms with Crippen molar-refractivity contribution in [2.45, 2.75) is 33.4 Å². The lowest BCUT2D eigenvalue weighted by Gasteiger charge is -2.26. The highest BCUT2D eigenvalue weighted by molar-refractivity contribution is 5.79. The monoisotopic (exact) mass is 428 g/mol. The maximum absolute atomic E-state index is 6.07. The van der Waals surface area contributed by atoms with Crippen molar-refractivity contribution in [3.05, 3.63) is 47.3 Å². The third-order valence-electron chi connectivity index (χ3n) is 5.35. The predicted molar refractivity (Wildman–Crippen MR) is 124 cm³/mol. The third kappa shape index (κ3) is 7.56. The summed E-state index contributed by atoms with van der Waals surface area (Å²) in [7, 11) is 1.79. The second kappa shape index (κ2) is 12.3. The van der Waals surface area contributed by atoms with E-state index in [1.807, 2.05) is 25.1 Å². The second-order valence-corrected chi connectivity index (χ2v) is 7.77. The van der Waals surface area contributed by atoms with E-state index >= 15 is 0 Å². The Hall–Kier alpha value is -2.58. The van der Waals surface area contributed by atoms with Crippen molar-refractivity contribution in [1.82, 2.24) is 25.3 Å². The normalized spacial score (nSPS) is 15.1. The highest BCUT2D eigenvalue weighted by atomic mass is 16.5. The number of guanidine groups is 1. The molecule has 170 valence electrons. The number of aliphatic imine (C=N–C) groups is 1. The van der Waals surface area contributed by atoms with Crippen LogP contribution >= 0.6 is 0 Å². The van der Waals surface area contributed by atoms with Crippen LogP contribution in [0.3, 0.4) is 0 Å². The maximum atomic E-state index is 6.07. The Morgan fingerprint density at radius 3 is 2.71 bits per heavy atom. The quantitative estimate of drug-likeness (QED) is 0.342. The largest absolute Gasteiger partial charge is 0.492 e. The third-order valence-corrected chi connectivity index (χ3v) is 5.35. The molecule has 8 heteroatoms. The van der Waals surface area contributed by atoms with Gasteiger partial charge in [0.15, 0.2) is 5.96 Å². The van der Waals surface area contributed by atoms with Crippen molar-refractivity contribution in [2.75, 3.05) is 53.0 Å². The summed E-state index contributed by atoms with van der Waals surface area (Å²) in [5.74, 6) is 1.71. The zero-order chi connectivity index (χ0) is 21.9. The average molecular weight is 429 g/mol. The molecule has 1 aromatic carbocycles. The molecular weight excluding hydrogens is 392 g/mol. The summed E-state index contributed by atoms with van der Waals surface area (Å²) in [5, 5.41) is 11.3. The topological polar surface area (TPSA) is 75.9 Å². The highest BCUT2D eigenvalue weighted by Crippen LogP contribution is 2.17. The number of aryl methyl sites for hydroxylation is 3. The maximum Gasteiger partial charge on any atom is 0.191 e.